The van der Waals surface area contributed by atoms with Gasteiger partial charge in [0.1, 0.15) is 0 Å². The monoisotopic (exact) mass is 1840 g/mol. The lowest BCUT2D eigenvalue weighted by Crippen LogP contribution is -2.18. The quantitative estimate of drug-likeness (QED) is 0.0851. The lowest BCUT2D eigenvalue weighted by Gasteiger charge is -2.30. The first-order chi connectivity index (χ1) is 70.5. The molecule has 0 spiro atoms. The Morgan fingerprint density at radius 3 is 0.549 bits per heavy atom. The summed E-state index contributed by atoms with van der Waals surface area (Å²) in [6.45, 7) is 18.9. The number of nitrogens with zero attached hydrogens (tertiary/aromatic N) is 4. The lowest BCUT2D eigenvalue weighted by molar-refractivity contribution is 0.659. The molecule has 0 bridgehead atoms. The summed E-state index contributed by atoms with van der Waals surface area (Å²) in [6, 6.07) is 188. The molecule has 4 nitrogen and oxygen atoms in total. The molecule has 0 unspecified atom stereocenters. The molecule has 26 rings (SSSR count). The summed E-state index contributed by atoms with van der Waals surface area (Å²) in [5.41, 5.74) is 53.7. The molecular weight excluding hydrogens is 1740 g/mol. The Bertz CT molecular complexity index is 7710. The second-order valence-electron chi connectivity index (χ2n) is 41.0. The van der Waals surface area contributed by atoms with Gasteiger partial charge in [-0.2, -0.15) is 0 Å². The number of para-hydroxylation sites is 2. The minimum absolute atomic E-state index is 0.123. The van der Waals surface area contributed by atoms with Crippen molar-refractivity contribution in [2.45, 2.75) is 77.0 Å². The molecule has 0 atom stereocenters. The van der Waals surface area contributed by atoms with E-state index in [0.29, 0.717) is 0 Å². The number of rotatable bonds is 18. The topological polar surface area (TPSA) is 16.3 Å². The van der Waals surface area contributed by atoms with E-state index >= 15 is 0 Å². The Hall–Kier alpha value is -17.4. The van der Waals surface area contributed by atoms with Crippen molar-refractivity contribution in [2.75, 3.05) is 9.80 Å². The van der Waals surface area contributed by atoms with Crippen LogP contribution in [0.25, 0.3) is 168 Å². The van der Waals surface area contributed by atoms with Gasteiger partial charge in [0.2, 0.25) is 0 Å². The molecule has 20 aromatic carbocycles. The van der Waals surface area contributed by atoms with Crippen LogP contribution in [0.3, 0.4) is 0 Å². The summed E-state index contributed by atoms with van der Waals surface area (Å²) in [5.74, 6) is 0. The number of hydrogen-bond donors (Lipinski definition) is 0. The van der Waals surface area contributed by atoms with Gasteiger partial charge in [-0.25, -0.2) is 0 Å². The van der Waals surface area contributed by atoms with E-state index in [1.54, 1.807) is 0 Å². The van der Waals surface area contributed by atoms with Crippen molar-refractivity contribution in [1.29, 1.82) is 0 Å². The predicted molar refractivity (Wildman–Crippen MR) is 606 cm³/mol. The fourth-order valence-electron chi connectivity index (χ4n) is 24.1. The number of aromatic nitrogens is 2. The zero-order valence-corrected chi connectivity index (χ0v) is 82.3. The van der Waals surface area contributed by atoms with Gasteiger partial charge in [-0.1, -0.05) is 468 Å². The molecule has 22 aromatic rings. The van der Waals surface area contributed by atoms with Crippen molar-refractivity contribution in [2.24, 2.45) is 0 Å². The van der Waals surface area contributed by atoms with Gasteiger partial charge in [-0.3, -0.25) is 0 Å². The summed E-state index contributed by atoms with van der Waals surface area (Å²) in [6.07, 6.45) is 0. The van der Waals surface area contributed by atoms with Crippen molar-refractivity contribution in [1.82, 2.24) is 9.13 Å². The maximum atomic E-state index is 2.48. The summed E-state index contributed by atoms with van der Waals surface area (Å²) in [7, 11) is 0. The van der Waals surface area contributed by atoms with Gasteiger partial charge in [0.05, 0.1) is 22.8 Å². The molecule has 0 N–H and O–H groups in total. The van der Waals surface area contributed by atoms with Gasteiger partial charge in [0.15, 0.2) is 0 Å². The van der Waals surface area contributed by atoms with E-state index in [2.05, 4.69) is 584 Å². The average Bonchev–Trinajstić information content (AvgIpc) is 1.57. The SMILES string of the molecule is CC1(C)c2ccccc2-c2ccc(N(c3ccc(-c4ccc(-c5c(-c6ccccc6)c(-c6ccccc6)c(-c6ccccc6)n5-c5ccccc5)cc4)cc3)c3ccc4c(c3)C(C)(C)c3ccccc3-4)cc21.CC1(C)c2ccccc2-c2ccc(N(c3ccc(-c4ccc(-c5c(-c6ccccc6)c(-c6ccccc6)n(-c6ccccc6)c5-c5ccccc5)cc4)cc3)c3ccc4c(c3)C(C)(C)c3ccccc3-4)cc21. The Kier molecular flexibility index (Phi) is 21.6. The fourth-order valence-corrected chi connectivity index (χ4v) is 24.1. The lowest BCUT2D eigenvalue weighted by atomic mass is 9.82. The van der Waals surface area contributed by atoms with Crippen LogP contribution >= 0.6 is 0 Å². The molecule has 4 aliphatic carbocycles. The highest BCUT2D eigenvalue weighted by molar-refractivity contribution is 6.06. The first-order valence-electron chi connectivity index (χ1n) is 50.5. The summed E-state index contributed by atoms with van der Waals surface area (Å²) >= 11 is 0. The molecule has 0 saturated carbocycles. The largest absolute Gasteiger partial charge is 0.310 e. The second-order valence-corrected chi connectivity index (χ2v) is 41.0. The van der Waals surface area contributed by atoms with Gasteiger partial charge < -0.3 is 18.9 Å². The van der Waals surface area contributed by atoms with E-state index in [0.717, 1.165) is 95.8 Å². The predicted octanol–water partition coefficient (Wildman–Crippen LogP) is 37.8. The second kappa shape index (κ2) is 35.4. The van der Waals surface area contributed by atoms with Crippen LogP contribution in [0.4, 0.5) is 34.1 Å². The Balaban J connectivity index is 0.000000151. The molecule has 4 aliphatic rings. The minimum atomic E-state index is -0.123. The summed E-state index contributed by atoms with van der Waals surface area (Å²) < 4.78 is 4.96. The van der Waals surface area contributed by atoms with E-state index in [1.807, 2.05) is 0 Å². The Morgan fingerprint density at radius 2 is 0.306 bits per heavy atom. The van der Waals surface area contributed by atoms with Gasteiger partial charge in [0, 0.05) is 89.4 Å². The van der Waals surface area contributed by atoms with Gasteiger partial charge in [-0.05, 0) is 253 Å². The maximum absolute atomic E-state index is 2.48. The number of fused-ring (bicyclic) bond motifs is 12. The normalized spacial score (nSPS) is 13.5. The van der Waals surface area contributed by atoms with E-state index in [4.69, 9.17) is 0 Å². The third-order valence-corrected chi connectivity index (χ3v) is 31.3. The van der Waals surface area contributed by atoms with Crippen LogP contribution in [0.5, 0.6) is 0 Å². The molecule has 2 heterocycles. The molecule has 0 amide bonds. The van der Waals surface area contributed by atoms with E-state index in [9.17, 15) is 0 Å². The van der Waals surface area contributed by atoms with Crippen molar-refractivity contribution >= 4 is 34.1 Å². The molecule has 688 valence electrons. The van der Waals surface area contributed by atoms with Crippen LogP contribution in [0.15, 0.2) is 510 Å². The molecule has 0 saturated heterocycles. The number of anilines is 6. The van der Waals surface area contributed by atoms with E-state index in [-0.39, 0.29) is 21.7 Å². The molecule has 4 heteroatoms. The summed E-state index contributed by atoms with van der Waals surface area (Å²) in [4.78, 5) is 4.92. The molecule has 0 radical (unpaired) electrons. The average molecular weight is 1850 g/mol. The highest BCUT2D eigenvalue weighted by Crippen LogP contribution is 2.59. The minimum Gasteiger partial charge on any atom is -0.310 e. The van der Waals surface area contributed by atoms with Crippen LogP contribution < -0.4 is 9.80 Å². The van der Waals surface area contributed by atoms with Gasteiger partial charge in [0.25, 0.3) is 0 Å². The van der Waals surface area contributed by atoms with Crippen LogP contribution in [-0.2, 0) is 21.7 Å². The van der Waals surface area contributed by atoms with Crippen molar-refractivity contribution < 1.29 is 0 Å². The molecule has 0 aliphatic heterocycles. The Labute approximate surface area is 845 Å². The first kappa shape index (κ1) is 88.0. The number of hydrogen-bond acceptors (Lipinski definition) is 2. The number of benzene rings is 20. The smallest absolute Gasteiger partial charge is 0.0619 e. The van der Waals surface area contributed by atoms with Crippen molar-refractivity contribution in [3.8, 4) is 168 Å². The van der Waals surface area contributed by atoms with E-state index < -0.39 is 0 Å². The van der Waals surface area contributed by atoms with Crippen LogP contribution in [0.1, 0.15) is 99.9 Å². The maximum Gasteiger partial charge on any atom is 0.0619 e. The third-order valence-electron chi connectivity index (χ3n) is 31.3. The van der Waals surface area contributed by atoms with Crippen molar-refractivity contribution in [3.63, 3.8) is 0 Å². The highest BCUT2D eigenvalue weighted by Gasteiger charge is 2.42. The summed E-state index contributed by atoms with van der Waals surface area (Å²) in [5, 5.41) is 0. The molecule has 144 heavy (non-hydrogen) atoms. The third kappa shape index (κ3) is 14.8. The Morgan fingerprint density at radius 1 is 0.139 bits per heavy atom. The van der Waals surface area contributed by atoms with Crippen molar-refractivity contribution in [3.05, 3.63) is 554 Å². The highest BCUT2D eigenvalue weighted by atomic mass is 15.2. The standard InChI is InChI=1S/2C70H54N2/c1-69(2)61-31-19-17-29-57(61)59-43-41-55(45-63(59)69)71(56-42-44-60-58-30-18-20-32-62(58)70(3,4)64(60)46-56)54-39-37-48(38-40-54)47-33-35-50(36-34-47)66-65(49-21-9-5-10-22-49)67(51-23-11-6-12-24-51)72(53-27-15-8-16-28-53)68(66)52-25-13-7-14-26-52;1-69(2)61-31-19-17-29-57(61)59-43-41-55(45-63(59)69)71(56-42-44-60-58-30-18-20-32-62(58)70(3,4)64(60)46-56)54-39-37-48(38-40-54)47-33-35-52(36-34-47)68-66(50-23-11-6-12-24-50)65(49-21-9-5-10-22-49)67(51-25-13-7-14-26-51)72(68)53-27-15-8-16-28-53/h2*5-46H,1-4H3. The molecular formula is C140H108N4. The molecule has 2 aromatic heterocycles. The first-order valence-corrected chi connectivity index (χ1v) is 50.5. The van der Waals surface area contributed by atoms with Crippen LogP contribution in [0.2, 0.25) is 0 Å². The zero-order valence-electron chi connectivity index (χ0n) is 82.3. The van der Waals surface area contributed by atoms with E-state index in [1.165, 1.54) is 150 Å². The van der Waals surface area contributed by atoms with Crippen LogP contribution in [0, 0.1) is 0 Å². The van der Waals surface area contributed by atoms with Gasteiger partial charge in [-0.15, -0.1) is 0 Å². The zero-order chi connectivity index (χ0) is 97.1. The molecule has 0 fully saturated rings. The fraction of sp³-hybridized carbons (Fsp3) is 0.0857. The van der Waals surface area contributed by atoms with Crippen LogP contribution in [-0.4, -0.2) is 9.13 Å². The van der Waals surface area contributed by atoms with Gasteiger partial charge >= 0.3 is 0 Å².